The van der Waals surface area contributed by atoms with Crippen LogP contribution >= 0.6 is 15.9 Å². The van der Waals surface area contributed by atoms with Crippen molar-refractivity contribution in [3.63, 3.8) is 0 Å². The summed E-state index contributed by atoms with van der Waals surface area (Å²) in [4.78, 5) is 4.38. The number of nitrogens with two attached hydrogens (primary N) is 1. The topological polar surface area (TPSA) is 57.4 Å². The van der Waals surface area contributed by atoms with Gasteiger partial charge < -0.3 is 15.2 Å². The normalized spacial score (nSPS) is 10.6. The molecule has 0 atom stereocenters. The van der Waals surface area contributed by atoms with E-state index in [-0.39, 0.29) is 0 Å². The molecule has 0 aliphatic carbocycles. The summed E-state index contributed by atoms with van der Waals surface area (Å²) in [5.41, 5.74) is 7.85. The number of pyridine rings is 1. The van der Waals surface area contributed by atoms with Gasteiger partial charge in [0.1, 0.15) is 12.4 Å². The van der Waals surface area contributed by atoms with Crippen LogP contribution in [0.4, 0.5) is 5.82 Å². The number of nitrogens with zero attached hydrogens (tertiary/aromatic N) is 1. The van der Waals surface area contributed by atoms with Gasteiger partial charge in [0.15, 0.2) is 11.6 Å². The number of hydrogen-bond donors (Lipinski definition) is 1. The van der Waals surface area contributed by atoms with Crippen molar-refractivity contribution in [3.8, 4) is 11.5 Å². The molecule has 5 heteroatoms. The number of rotatable bonds is 4. The molecule has 0 aliphatic rings. The summed E-state index contributed by atoms with van der Waals surface area (Å²) in [6, 6.07) is 15.4. The predicted molar refractivity (Wildman–Crippen MR) is 91.2 cm³/mol. The average molecular weight is 359 g/mol. The van der Waals surface area contributed by atoms with E-state index < -0.39 is 0 Å². The van der Waals surface area contributed by atoms with Gasteiger partial charge in [0.25, 0.3) is 0 Å². The molecule has 4 nitrogen and oxygen atoms in total. The van der Waals surface area contributed by atoms with E-state index in [2.05, 4.69) is 20.9 Å². The molecule has 0 aliphatic heterocycles. The SMILES string of the molecule is COc1ccc(COc2cc3c(Br)cccc3nc2N)cc1. The molecule has 2 N–H and O–H groups in total. The van der Waals surface area contributed by atoms with Crippen LogP contribution in [0.5, 0.6) is 11.5 Å². The summed E-state index contributed by atoms with van der Waals surface area (Å²) in [7, 11) is 1.64. The molecule has 0 saturated carbocycles. The van der Waals surface area contributed by atoms with Crippen molar-refractivity contribution in [1.29, 1.82) is 0 Å². The maximum atomic E-state index is 5.98. The third-order valence-electron chi connectivity index (χ3n) is 3.35. The molecular weight excluding hydrogens is 344 g/mol. The summed E-state index contributed by atoms with van der Waals surface area (Å²) in [5, 5.41) is 0.974. The molecule has 1 aromatic heterocycles. The molecule has 22 heavy (non-hydrogen) atoms. The van der Waals surface area contributed by atoms with E-state index >= 15 is 0 Å². The maximum absolute atomic E-state index is 5.98. The first-order chi connectivity index (χ1) is 10.7. The van der Waals surface area contributed by atoms with Gasteiger partial charge in [-0.25, -0.2) is 4.98 Å². The van der Waals surface area contributed by atoms with Gasteiger partial charge in [-0.2, -0.15) is 0 Å². The van der Waals surface area contributed by atoms with Gasteiger partial charge in [-0.05, 0) is 35.9 Å². The third kappa shape index (κ3) is 2.99. The summed E-state index contributed by atoms with van der Waals surface area (Å²) in [5.74, 6) is 1.79. The van der Waals surface area contributed by atoms with Crippen LogP contribution in [-0.2, 0) is 6.61 Å². The Labute approximate surface area is 137 Å². The number of methoxy groups -OCH3 is 1. The van der Waals surface area contributed by atoms with E-state index in [9.17, 15) is 0 Å². The Morgan fingerprint density at radius 3 is 2.64 bits per heavy atom. The number of ether oxygens (including phenoxy) is 2. The van der Waals surface area contributed by atoms with Gasteiger partial charge in [0.05, 0.1) is 12.6 Å². The van der Waals surface area contributed by atoms with Gasteiger partial charge >= 0.3 is 0 Å². The first-order valence-corrected chi connectivity index (χ1v) is 7.57. The van der Waals surface area contributed by atoms with Gasteiger partial charge in [0, 0.05) is 9.86 Å². The molecule has 0 radical (unpaired) electrons. The van der Waals surface area contributed by atoms with Crippen molar-refractivity contribution in [2.45, 2.75) is 6.61 Å². The standard InChI is InChI=1S/C17H15BrN2O2/c1-21-12-7-5-11(6-8-12)10-22-16-9-13-14(18)3-2-4-15(13)20-17(16)19/h2-9H,10H2,1H3,(H2,19,20). The third-order valence-corrected chi connectivity index (χ3v) is 4.04. The number of fused-ring (bicyclic) bond motifs is 1. The molecule has 2 aromatic carbocycles. The Morgan fingerprint density at radius 2 is 1.91 bits per heavy atom. The van der Waals surface area contributed by atoms with E-state index in [1.807, 2.05) is 48.5 Å². The maximum Gasteiger partial charge on any atom is 0.166 e. The summed E-state index contributed by atoms with van der Waals surface area (Å²) in [6.45, 7) is 0.422. The molecule has 0 spiro atoms. The van der Waals surface area contributed by atoms with Crippen LogP contribution in [0.1, 0.15) is 5.56 Å². The van der Waals surface area contributed by atoms with Crippen LogP contribution in [0.3, 0.4) is 0 Å². The average Bonchev–Trinajstić information content (AvgIpc) is 2.54. The summed E-state index contributed by atoms with van der Waals surface area (Å²) >= 11 is 3.52. The zero-order valence-corrected chi connectivity index (χ0v) is 13.6. The molecular formula is C17H15BrN2O2. The Bertz CT molecular complexity index is 804. The molecule has 0 saturated heterocycles. The molecule has 3 rings (SSSR count). The lowest BCUT2D eigenvalue weighted by Gasteiger charge is -2.10. The molecule has 1 heterocycles. The smallest absolute Gasteiger partial charge is 0.166 e. The quantitative estimate of drug-likeness (QED) is 0.760. The van der Waals surface area contributed by atoms with Gasteiger partial charge in [-0.3, -0.25) is 0 Å². The van der Waals surface area contributed by atoms with Gasteiger partial charge in [-0.1, -0.05) is 34.1 Å². The minimum atomic E-state index is 0.388. The van der Waals surface area contributed by atoms with Crippen LogP contribution in [0.2, 0.25) is 0 Å². The fourth-order valence-electron chi connectivity index (χ4n) is 2.15. The highest BCUT2D eigenvalue weighted by Gasteiger charge is 2.08. The van der Waals surface area contributed by atoms with Crippen molar-refractivity contribution < 1.29 is 9.47 Å². The van der Waals surface area contributed by atoms with E-state index in [1.54, 1.807) is 7.11 Å². The van der Waals surface area contributed by atoms with Gasteiger partial charge in [0.2, 0.25) is 0 Å². The fraction of sp³-hybridized carbons (Fsp3) is 0.118. The Hall–Kier alpha value is -2.27. The number of benzene rings is 2. The van der Waals surface area contributed by atoms with Crippen molar-refractivity contribution >= 4 is 32.7 Å². The Morgan fingerprint density at radius 1 is 1.14 bits per heavy atom. The number of anilines is 1. The fourth-order valence-corrected chi connectivity index (χ4v) is 2.62. The zero-order chi connectivity index (χ0) is 15.5. The number of aromatic nitrogens is 1. The molecule has 3 aromatic rings. The second-order valence-electron chi connectivity index (χ2n) is 4.82. The van der Waals surface area contributed by atoms with Crippen LogP contribution in [-0.4, -0.2) is 12.1 Å². The molecule has 0 amide bonds. The lowest BCUT2D eigenvalue weighted by Crippen LogP contribution is -2.01. The minimum absolute atomic E-state index is 0.388. The van der Waals surface area contributed by atoms with E-state index in [0.29, 0.717) is 18.2 Å². The van der Waals surface area contributed by atoms with E-state index in [1.165, 1.54) is 0 Å². The molecule has 0 fully saturated rings. The highest BCUT2D eigenvalue weighted by molar-refractivity contribution is 9.10. The first-order valence-electron chi connectivity index (χ1n) is 6.78. The Balaban J connectivity index is 1.83. The number of nitrogen functional groups attached to an aromatic ring is 1. The summed E-state index contributed by atoms with van der Waals surface area (Å²) < 4.78 is 11.9. The van der Waals surface area contributed by atoms with Crippen LogP contribution < -0.4 is 15.2 Å². The van der Waals surface area contributed by atoms with Crippen molar-refractivity contribution in [2.24, 2.45) is 0 Å². The van der Waals surface area contributed by atoms with Crippen molar-refractivity contribution in [1.82, 2.24) is 4.98 Å². The predicted octanol–water partition coefficient (Wildman–Crippen LogP) is 4.17. The van der Waals surface area contributed by atoms with Crippen LogP contribution in [0.15, 0.2) is 53.0 Å². The van der Waals surface area contributed by atoms with Crippen LogP contribution in [0.25, 0.3) is 10.9 Å². The highest BCUT2D eigenvalue weighted by atomic mass is 79.9. The summed E-state index contributed by atoms with van der Waals surface area (Å²) in [6.07, 6.45) is 0. The monoisotopic (exact) mass is 358 g/mol. The van der Waals surface area contributed by atoms with E-state index in [4.69, 9.17) is 15.2 Å². The molecule has 0 bridgehead atoms. The second-order valence-corrected chi connectivity index (χ2v) is 5.67. The molecule has 0 unspecified atom stereocenters. The molecule has 112 valence electrons. The van der Waals surface area contributed by atoms with Crippen LogP contribution in [0, 0.1) is 0 Å². The van der Waals surface area contributed by atoms with Gasteiger partial charge in [-0.15, -0.1) is 0 Å². The van der Waals surface area contributed by atoms with Crippen molar-refractivity contribution in [2.75, 3.05) is 12.8 Å². The largest absolute Gasteiger partial charge is 0.497 e. The second kappa shape index (κ2) is 6.23. The van der Waals surface area contributed by atoms with Crippen molar-refractivity contribution in [3.05, 3.63) is 58.6 Å². The Kier molecular flexibility index (Phi) is 4.15. The van der Waals surface area contributed by atoms with E-state index in [0.717, 1.165) is 26.7 Å². The lowest BCUT2D eigenvalue weighted by atomic mass is 10.2. The zero-order valence-electron chi connectivity index (χ0n) is 12.0. The minimum Gasteiger partial charge on any atom is -0.497 e. The lowest BCUT2D eigenvalue weighted by molar-refractivity contribution is 0.307. The number of halogens is 1. The highest BCUT2D eigenvalue weighted by Crippen LogP contribution is 2.30. The number of hydrogen-bond acceptors (Lipinski definition) is 4. The first kappa shape index (κ1) is 14.7.